The fourth-order valence-corrected chi connectivity index (χ4v) is 0. The molecule has 0 heterocycles. The topological polar surface area (TPSA) is 72.3 Å². The van der Waals surface area contributed by atoms with Gasteiger partial charge in [0.15, 0.2) is 0 Å². The molecular formula is NO4. The Morgan fingerprint density at radius 2 is 2.00 bits per heavy atom. The van der Waals surface area contributed by atoms with Crippen molar-refractivity contribution in [3.8, 4) is 0 Å². The van der Waals surface area contributed by atoms with Crippen molar-refractivity contribution < 1.29 is 15.3 Å². The maximum Gasteiger partial charge on any atom is 0.324 e. The van der Waals surface area contributed by atoms with Crippen LogP contribution in [0.4, 0.5) is 0 Å². The van der Waals surface area contributed by atoms with Crippen molar-refractivity contribution in [3.05, 3.63) is 10.1 Å². The van der Waals surface area contributed by atoms with Gasteiger partial charge >= 0.3 is 5.09 Å². The van der Waals surface area contributed by atoms with Gasteiger partial charge in [-0.15, -0.1) is 15.1 Å². The molecule has 0 aliphatic rings. The van der Waals surface area contributed by atoms with Gasteiger partial charge in [0.05, 0.1) is 0 Å². The second kappa shape index (κ2) is 1.48. The first-order valence-electron chi connectivity index (χ1n) is 0.714. The van der Waals surface area contributed by atoms with E-state index in [4.69, 9.17) is 15.4 Å². The highest BCUT2D eigenvalue weighted by Gasteiger charge is 1.82. The van der Waals surface area contributed by atoms with Gasteiger partial charge in [-0.2, -0.15) is 0 Å². The Morgan fingerprint density at radius 3 is 2.00 bits per heavy atom. The zero-order valence-corrected chi connectivity index (χ0v) is 2.08. The summed E-state index contributed by atoms with van der Waals surface area (Å²) >= 11 is 0. The SMILES string of the molecule is [O]O[N+](=O)[O-]. The van der Waals surface area contributed by atoms with E-state index in [0.717, 1.165) is 0 Å². The highest BCUT2D eigenvalue weighted by atomic mass is 17.3. The normalized spacial score (nSPS) is 6.60. The average Bonchev–Trinajstić information content (AvgIpc) is 1.38. The van der Waals surface area contributed by atoms with E-state index < -0.39 is 5.09 Å². The van der Waals surface area contributed by atoms with Crippen LogP contribution >= 0.6 is 0 Å². The summed E-state index contributed by atoms with van der Waals surface area (Å²) in [4.78, 5) is 10.9. The van der Waals surface area contributed by atoms with Gasteiger partial charge in [0.25, 0.3) is 0 Å². The van der Waals surface area contributed by atoms with Crippen molar-refractivity contribution in [1.29, 1.82) is 0 Å². The van der Waals surface area contributed by atoms with Gasteiger partial charge in [0, 0.05) is 5.26 Å². The van der Waals surface area contributed by atoms with Crippen LogP contribution in [-0.4, -0.2) is 5.09 Å². The van der Waals surface area contributed by atoms with Gasteiger partial charge in [-0.3, -0.25) is 0 Å². The van der Waals surface area contributed by atoms with Crippen molar-refractivity contribution in [2.24, 2.45) is 0 Å². The predicted octanol–water partition coefficient (Wildman–Crippen LogP) is -0.460. The molecule has 0 aromatic heterocycles. The molecule has 0 aliphatic heterocycles. The molecule has 0 aromatic carbocycles. The molecule has 0 unspecified atom stereocenters. The molecule has 0 aliphatic carbocycles. The minimum atomic E-state index is -1.43. The predicted molar refractivity (Wildman–Crippen MR) is 8.77 cm³/mol. The lowest BCUT2D eigenvalue weighted by Crippen LogP contribution is -1.90. The van der Waals surface area contributed by atoms with Crippen LogP contribution in [0.2, 0.25) is 0 Å². The van der Waals surface area contributed by atoms with Gasteiger partial charge < -0.3 is 0 Å². The fraction of sp³-hybridized carbons (Fsp3) is 0. The highest BCUT2D eigenvalue weighted by molar-refractivity contribution is 3.84. The third kappa shape index (κ3) is 3.16. The van der Waals surface area contributed by atoms with E-state index in [1.54, 1.807) is 0 Å². The third-order valence-corrected chi connectivity index (χ3v) is 0.0609. The Labute approximate surface area is 26.8 Å². The van der Waals surface area contributed by atoms with Crippen LogP contribution in [0.25, 0.3) is 0 Å². The Kier molecular flexibility index (Phi) is 1.23. The lowest BCUT2D eigenvalue weighted by atomic mass is 13.1. The summed E-state index contributed by atoms with van der Waals surface area (Å²) < 4.78 is 0. The summed E-state index contributed by atoms with van der Waals surface area (Å²) in [6, 6.07) is 0. The van der Waals surface area contributed by atoms with Gasteiger partial charge in [-0.1, -0.05) is 0 Å². The molecule has 29 valence electrons. The highest BCUT2D eigenvalue weighted by Crippen LogP contribution is 1.58. The molecule has 0 spiro atoms. The number of hydrogen-bond acceptors (Lipinski definition) is 3. The fourth-order valence-electron chi connectivity index (χ4n) is 0. The van der Waals surface area contributed by atoms with Crippen LogP contribution in [0.5, 0.6) is 0 Å². The van der Waals surface area contributed by atoms with Gasteiger partial charge in [0.1, 0.15) is 0 Å². The second-order valence-corrected chi connectivity index (χ2v) is 0.298. The molecule has 0 amide bonds. The number of rotatable bonds is 1. The monoisotopic (exact) mass is 78.0 g/mol. The molecular weight excluding hydrogens is 78.0 g/mol. The Bertz CT molecular complexity index is 38.9. The lowest BCUT2D eigenvalue weighted by molar-refractivity contribution is -0.862. The first-order chi connectivity index (χ1) is 2.27. The molecule has 0 N–H and O–H groups in total. The van der Waals surface area contributed by atoms with Gasteiger partial charge in [0.2, 0.25) is 0 Å². The smallest absolute Gasteiger partial charge is 0.112 e. The number of nitrogens with zero attached hydrogens (tertiary/aromatic N) is 1. The van der Waals surface area contributed by atoms with E-state index in [-0.39, 0.29) is 0 Å². The van der Waals surface area contributed by atoms with Crippen LogP contribution in [0, 0.1) is 10.1 Å². The van der Waals surface area contributed by atoms with Crippen molar-refractivity contribution in [3.63, 3.8) is 0 Å². The molecule has 5 nitrogen and oxygen atoms in total. The summed E-state index contributed by atoms with van der Waals surface area (Å²) in [5, 5.41) is 15.6. The summed E-state index contributed by atoms with van der Waals surface area (Å²) in [7, 11) is 0. The first-order valence-corrected chi connectivity index (χ1v) is 0.714. The van der Waals surface area contributed by atoms with Crippen LogP contribution in [-0.2, 0) is 10.2 Å². The zero-order valence-electron chi connectivity index (χ0n) is 2.08. The van der Waals surface area contributed by atoms with E-state index in [9.17, 15) is 0 Å². The summed E-state index contributed by atoms with van der Waals surface area (Å²) in [6.45, 7) is 0. The van der Waals surface area contributed by atoms with Crippen LogP contribution in [0.1, 0.15) is 0 Å². The maximum absolute atomic E-state index is 8.64. The molecule has 0 saturated carbocycles. The molecule has 0 saturated heterocycles. The summed E-state index contributed by atoms with van der Waals surface area (Å²) in [5.74, 6) is 0. The van der Waals surface area contributed by atoms with Crippen molar-refractivity contribution in [2.45, 2.75) is 0 Å². The minimum absolute atomic E-state index is 1.43. The molecule has 0 atom stereocenters. The van der Waals surface area contributed by atoms with Crippen LogP contribution in [0.3, 0.4) is 0 Å². The minimum Gasteiger partial charge on any atom is -0.112 e. The van der Waals surface area contributed by atoms with Crippen molar-refractivity contribution in [1.82, 2.24) is 0 Å². The molecule has 0 aromatic rings. The van der Waals surface area contributed by atoms with E-state index in [2.05, 4.69) is 4.99 Å². The van der Waals surface area contributed by atoms with Gasteiger partial charge in [-0.05, 0) is 0 Å². The third-order valence-electron chi connectivity index (χ3n) is 0.0609. The molecule has 0 bridgehead atoms. The molecule has 0 rings (SSSR count). The number of hydrogen-bond donors (Lipinski definition) is 0. The molecule has 1 radical (unpaired) electrons. The van der Waals surface area contributed by atoms with E-state index >= 15 is 0 Å². The summed E-state index contributed by atoms with van der Waals surface area (Å²) in [6.07, 6.45) is 0. The first kappa shape index (κ1) is 4.16. The Balaban J connectivity index is 2.85. The quantitative estimate of drug-likeness (QED) is 0.242. The van der Waals surface area contributed by atoms with Crippen molar-refractivity contribution >= 4 is 0 Å². The van der Waals surface area contributed by atoms with Gasteiger partial charge in [-0.25, -0.2) is 0 Å². The van der Waals surface area contributed by atoms with E-state index in [1.165, 1.54) is 0 Å². The Hall–Kier alpha value is -0.840. The second-order valence-electron chi connectivity index (χ2n) is 0.298. The van der Waals surface area contributed by atoms with E-state index in [1.807, 2.05) is 0 Å². The standard InChI is InChI=1S/NO4/c2-1(3)5-4. The zero-order chi connectivity index (χ0) is 4.28. The average molecular weight is 78.0 g/mol. The van der Waals surface area contributed by atoms with E-state index in [0.29, 0.717) is 0 Å². The molecule has 0 fully saturated rings. The molecule has 5 heavy (non-hydrogen) atoms. The van der Waals surface area contributed by atoms with Crippen LogP contribution < -0.4 is 0 Å². The Morgan fingerprint density at radius 1 is 1.80 bits per heavy atom. The largest absolute Gasteiger partial charge is 0.324 e. The summed E-state index contributed by atoms with van der Waals surface area (Å²) in [5.41, 5.74) is 0. The maximum atomic E-state index is 8.64. The van der Waals surface area contributed by atoms with Crippen molar-refractivity contribution in [2.75, 3.05) is 0 Å². The lowest BCUT2D eigenvalue weighted by Gasteiger charge is -1.67. The molecule has 5 heteroatoms. The van der Waals surface area contributed by atoms with Crippen LogP contribution in [0.15, 0.2) is 0 Å².